The van der Waals surface area contributed by atoms with Crippen LogP contribution in [-0.2, 0) is 9.26 Å². The van der Waals surface area contributed by atoms with Crippen LogP contribution in [0.15, 0.2) is 28.7 Å². The maximum atomic E-state index is 9.19. The Morgan fingerprint density at radius 2 is 2.20 bits per heavy atom. The fraction of sp³-hybridized carbons (Fsp3) is 0.571. The number of halogens is 2. The average Bonchev–Trinajstić information content (AvgIpc) is 2.42. The minimum absolute atomic E-state index is 0.0555. The van der Waals surface area contributed by atoms with Gasteiger partial charge in [0.15, 0.2) is 0 Å². The van der Waals surface area contributed by atoms with Crippen LogP contribution in [-0.4, -0.2) is 24.9 Å². The van der Waals surface area contributed by atoms with Crippen LogP contribution in [0.2, 0.25) is 0 Å². The molecule has 0 saturated carbocycles. The van der Waals surface area contributed by atoms with Crippen molar-refractivity contribution < 1.29 is 14.4 Å². The Kier molecular flexibility index (Phi) is 9.11. The molecule has 0 aromatic heterocycles. The van der Waals surface area contributed by atoms with Gasteiger partial charge in [0.2, 0.25) is 0 Å². The molecule has 1 aromatic carbocycles. The van der Waals surface area contributed by atoms with Gasteiger partial charge in [-0.1, -0.05) is 41.9 Å². The second-order valence-electron chi connectivity index (χ2n) is 5.40. The van der Waals surface area contributed by atoms with Crippen molar-refractivity contribution in [2.75, 3.05) is 19.8 Å². The number of hydrogen-bond donors (Lipinski definition) is 1. The topological polar surface area (TPSA) is 38.7 Å². The summed E-state index contributed by atoms with van der Waals surface area (Å²) in [6.45, 7) is 5.71. The molecule has 0 spiro atoms. The fourth-order valence-corrected chi connectivity index (χ4v) is 3.34. The normalized spacial score (nSPS) is 14.1. The molecular weight excluding hydrogens is 454 g/mol. The van der Waals surface area contributed by atoms with Gasteiger partial charge in [-0.2, -0.15) is 0 Å². The lowest BCUT2D eigenvalue weighted by Gasteiger charge is -2.22. The quantitative estimate of drug-likeness (QED) is 0.315. The van der Waals surface area contributed by atoms with Gasteiger partial charge in [0.05, 0.1) is 25.8 Å². The van der Waals surface area contributed by atoms with Gasteiger partial charge in [-0.25, -0.2) is 0 Å². The molecule has 0 saturated heterocycles. The molecule has 1 rings (SSSR count). The Balaban J connectivity index is 2.48. The van der Waals surface area contributed by atoms with Gasteiger partial charge in [0.1, 0.15) is 0 Å². The predicted molar refractivity (Wildman–Crippen MR) is 96.6 cm³/mol. The summed E-state index contributed by atoms with van der Waals surface area (Å²) in [5, 5.41) is 9.19. The molecule has 0 aliphatic rings. The molecule has 2 unspecified atom stereocenters. The Labute approximate surface area is 144 Å². The van der Waals surface area contributed by atoms with Crippen LogP contribution in [0, 0.1) is 5.41 Å². The lowest BCUT2D eigenvalue weighted by Crippen LogP contribution is -2.24. The lowest BCUT2D eigenvalue weighted by atomic mass is 9.96. The van der Waals surface area contributed by atoms with E-state index in [9.17, 15) is 5.11 Å². The Bertz CT molecular complexity index is 404. The first kappa shape index (κ1) is 18.8. The van der Waals surface area contributed by atoms with Gasteiger partial charge in [-0.05, 0) is 39.7 Å². The van der Waals surface area contributed by atoms with Crippen molar-refractivity contribution in [2.45, 2.75) is 26.4 Å². The second kappa shape index (κ2) is 9.70. The zero-order valence-corrected chi connectivity index (χ0v) is 16.5. The summed E-state index contributed by atoms with van der Waals surface area (Å²) in [6.07, 6.45) is 0.869. The van der Waals surface area contributed by atoms with E-state index in [1.807, 2.05) is 26.0 Å². The minimum Gasteiger partial charge on any atom is -0.396 e. The molecule has 20 heavy (non-hydrogen) atoms. The third kappa shape index (κ3) is 7.14. The summed E-state index contributed by atoms with van der Waals surface area (Å²) in [7, 11) is 0. The van der Waals surface area contributed by atoms with E-state index in [0.29, 0.717) is 19.7 Å². The Morgan fingerprint density at radius 1 is 1.45 bits per heavy atom. The van der Waals surface area contributed by atoms with E-state index in [0.717, 1.165) is 16.5 Å². The number of rotatable bonds is 9. The van der Waals surface area contributed by atoms with Crippen molar-refractivity contribution in [3.63, 3.8) is 0 Å². The zero-order chi connectivity index (χ0) is 15.0. The minimum atomic E-state index is -0.183. The highest BCUT2D eigenvalue weighted by Gasteiger charge is 2.17. The summed E-state index contributed by atoms with van der Waals surface area (Å²) in [5.74, 6) is 0. The number of benzene rings is 1. The zero-order valence-electron chi connectivity index (χ0n) is 11.7. The van der Waals surface area contributed by atoms with E-state index in [1.165, 1.54) is 0 Å². The number of ether oxygens (including phenoxy) is 1. The highest BCUT2D eigenvalue weighted by Crippen LogP contribution is 2.34. The molecule has 0 aliphatic carbocycles. The molecule has 0 aliphatic heterocycles. The SMILES string of the molecule is CC(C)(CO)COCCC(OPI)c1cccc(Br)c1. The molecule has 0 fully saturated rings. The van der Waals surface area contributed by atoms with Crippen molar-refractivity contribution in [2.24, 2.45) is 5.41 Å². The fourth-order valence-electron chi connectivity index (χ4n) is 1.64. The summed E-state index contributed by atoms with van der Waals surface area (Å²) < 4.78 is 12.5. The van der Waals surface area contributed by atoms with Gasteiger partial charge in [-0.3, -0.25) is 0 Å². The number of aliphatic hydroxyl groups is 1. The maximum Gasteiger partial charge on any atom is 0.0896 e. The highest BCUT2D eigenvalue weighted by atomic mass is 127. The second-order valence-corrected chi connectivity index (χ2v) is 8.03. The van der Waals surface area contributed by atoms with Crippen LogP contribution < -0.4 is 0 Å². The van der Waals surface area contributed by atoms with Gasteiger partial charge < -0.3 is 14.4 Å². The third-order valence-electron chi connectivity index (χ3n) is 2.85. The van der Waals surface area contributed by atoms with Crippen LogP contribution in [0.5, 0.6) is 0 Å². The molecule has 0 heterocycles. The summed E-state index contributed by atoms with van der Waals surface area (Å²) in [4.78, 5) is 0. The molecule has 1 aromatic rings. The van der Waals surface area contributed by atoms with E-state index in [-0.39, 0.29) is 18.1 Å². The first-order valence-corrected chi connectivity index (χ1v) is 11.3. The van der Waals surface area contributed by atoms with Gasteiger partial charge in [-0.15, -0.1) is 0 Å². The van der Waals surface area contributed by atoms with E-state index in [1.54, 1.807) is 0 Å². The molecule has 0 amide bonds. The molecule has 1 N–H and O–H groups in total. The standard InChI is InChI=1S/C14H21BrIO3P/c1-14(2,9-17)10-18-7-6-13(19-20-16)11-4-3-5-12(15)8-11/h3-5,8,13,17,20H,6-7,9-10H2,1-2H3. The average molecular weight is 475 g/mol. The first-order valence-electron chi connectivity index (χ1n) is 6.44. The summed E-state index contributed by atoms with van der Waals surface area (Å²) in [6, 6.07) is 8.18. The van der Waals surface area contributed by atoms with Crippen molar-refractivity contribution >= 4 is 44.4 Å². The number of aliphatic hydroxyl groups excluding tert-OH is 1. The van der Waals surface area contributed by atoms with E-state index >= 15 is 0 Å². The molecule has 114 valence electrons. The van der Waals surface area contributed by atoms with Crippen molar-refractivity contribution in [1.82, 2.24) is 0 Å². The van der Waals surface area contributed by atoms with Crippen LogP contribution in [0.4, 0.5) is 0 Å². The molecule has 0 bridgehead atoms. The summed E-state index contributed by atoms with van der Waals surface area (Å²) in [5.41, 5.74) is 0.977. The van der Waals surface area contributed by atoms with Gasteiger partial charge in [0, 0.05) is 22.9 Å². The first-order chi connectivity index (χ1) is 9.48. The van der Waals surface area contributed by atoms with Gasteiger partial charge >= 0.3 is 0 Å². The van der Waals surface area contributed by atoms with E-state index < -0.39 is 0 Å². The molecule has 6 heteroatoms. The van der Waals surface area contributed by atoms with Gasteiger partial charge in [0.25, 0.3) is 0 Å². The van der Waals surface area contributed by atoms with Crippen molar-refractivity contribution in [3.8, 4) is 0 Å². The third-order valence-corrected chi connectivity index (χ3v) is 4.48. The molecule has 2 atom stereocenters. The number of hydrogen-bond acceptors (Lipinski definition) is 3. The van der Waals surface area contributed by atoms with Crippen LogP contribution in [0.3, 0.4) is 0 Å². The van der Waals surface area contributed by atoms with Crippen LogP contribution in [0.25, 0.3) is 0 Å². The molecular formula is C14H21BrIO3P. The Hall–Kier alpha value is 0.740. The van der Waals surface area contributed by atoms with E-state index in [2.05, 4.69) is 50.1 Å². The monoisotopic (exact) mass is 474 g/mol. The summed E-state index contributed by atoms with van der Waals surface area (Å²) >= 11 is 5.72. The Morgan fingerprint density at radius 3 is 2.80 bits per heavy atom. The van der Waals surface area contributed by atoms with Crippen LogP contribution in [0.1, 0.15) is 31.9 Å². The van der Waals surface area contributed by atoms with E-state index in [4.69, 9.17) is 9.26 Å². The highest BCUT2D eigenvalue weighted by molar-refractivity contribution is 14.2. The smallest absolute Gasteiger partial charge is 0.0896 e. The molecule has 3 nitrogen and oxygen atoms in total. The van der Waals surface area contributed by atoms with Crippen molar-refractivity contribution in [1.29, 1.82) is 0 Å². The molecule has 0 radical (unpaired) electrons. The largest absolute Gasteiger partial charge is 0.396 e. The van der Waals surface area contributed by atoms with Crippen LogP contribution >= 0.6 is 44.4 Å². The van der Waals surface area contributed by atoms with Crippen molar-refractivity contribution in [3.05, 3.63) is 34.3 Å². The predicted octanol–water partition coefficient (Wildman–Crippen LogP) is 4.88. The lowest BCUT2D eigenvalue weighted by molar-refractivity contribution is 0.0176. The maximum absolute atomic E-state index is 9.19.